The van der Waals surface area contributed by atoms with Crippen molar-refractivity contribution in [2.45, 2.75) is 13.0 Å². The van der Waals surface area contributed by atoms with Gasteiger partial charge in [0.15, 0.2) is 6.04 Å². The zero-order valence-corrected chi connectivity index (χ0v) is 7.58. The highest BCUT2D eigenvalue weighted by Crippen LogP contribution is 2.00. The van der Waals surface area contributed by atoms with Gasteiger partial charge in [0.2, 0.25) is 0 Å². The number of carboxylic acids is 1. The fourth-order valence-corrected chi connectivity index (χ4v) is 0.645. The number of nitrogens with one attached hydrogen (secondary N) is 1. The van der Waals surface area contributed by atoms with Crippen molar-refractivity contribution >= 4 is 11.8 Å². The summed E-state index contributed by atoms with van der Waals surface area (Å²) in [5.74, 6) is -0.495. The van der Waals surface area contributed by atoms with Crippen LogP contribution in [-0.4, -0.2) is 22.1 Å². The summed E-state index contributed by atoms with van der Waals surface area (Å²) in [7, 11) is 0. The van der Waals surface area contributed by atoms with Crippen molar-refractivity contribution in [3.63, 3.8) is 0 Å². The third kappa shape index (κ3) is 3.18. The summed E-state index contributed by atoms with van der Waals surface area (Å²) < 4.78 is 0. The second-order valence-corrected chi connectivity index (χ2v) is 2.56. The van der Waals surface area contributed by atoms with E-state index in [0.717, 1.165) is 0 Å². The smallest absolute Gasteiger partial charge is 0.330 e. The fourth-order valence-electron chi connectivity index (χ4n) is 0.645. The first-order chi connectivity index (χ1) is 6.70. The van der Waals surface area contributed by atoms with E-state index in [-0.39, 0.29) is 0 Å². The highest BCUT2D eigenvalue weighted by Gasteiger charge is 2.07. The van der Waals surface area contributed by atoms with E-state index < -0.39 is 12.0 Å². The zero-order chi connectivity index (χ0) is 10.4. The van der Waals surface area contributed by atoms with Crippen molar-refractivity contribution in [1.82, 2.24) is 4.98 Å². The van der Waals surface area contributed by atoms with Gasteiger partial charge in [0, 0.05) is 6.20 Å². The molecule has 6 heteroatoms. The Kier molecular flexibility index (Phi) is 3.54. The van der Waals surface area contributed by atoms with E-state index in [9.17, 15) is 4.79 Å². The molecule has 74 valence electrons. The predicted molar refractivity (Wildman–Crippen MR) is 49.8 cm³/mol. The van der Waals surface area contributed by atoms with Gasteiger partial charge >= 0.3 is 5.97 Å². The Morgan fingerprint density at radius 1 is 1.64 bits per heavy atom. The Hall–Kier alpha value is -1.98. The van der Waals surface area contributed by atoms with E-state index in [1.165, 1.54) is 6.92 Å². The van der Waals surface area contributed by atoms with Crippen LogP contribution in [0.1, 0.15) is 6.92 Å². The molecule has 0 saturated heterocycles. The van der Waals surface area contributed by atoms with E-state index in [4.69, 9.17) is 5.11 Å². The maximum absolute atomic E-state index is 10.3. The molecule has 0 spiro atoms. The molecule has 0 radical (unpaired) electrons. The lowest BCUT2D eigenvalue weighted by atomic mass is 10.4. The molecule has 0 saturated carbocycles. The van der Waals surface area contributed by atoms with Gasteiger partial charge in [0.1, 0.15) is 5.82 Å². The lowest BCUT2D eigenvalue weighted by Crippen LogP contribution is -2.12. The van der Waals surface area contributed by atoms with Gasteiger partial charge in [-0.3, -0.25) is 0 Å². The van der Waals surface area contributed by atoms with Crippen LogP contribution >= 0.6 is 0 Å². The number of pyridine rings is 1. The Labute approximate surface area is 80.7 Å². The maximum atomic E-state index is 10.3. The Bertz CT molecular complexity index is 325. The normalized spacial score (nSPS) is 12.6. The lowest BCUT2D eigenvalue weighted by molar-refractivity contribution is -0.138. The Morgan fingerprint density at radius 2 is 2.43 bits per heavy atom. The van der Waals surface area contributed by atoms with Gasteiger partial charge in [-0.05, 0) is 19.1 Å². The standard InChI is InChI=1S/C8H10N4O2/c1-6(8(13)14)10-12-11-7-4-2-3-5-9-7/h2-6H,1H3,(H,13,14)(H,9,10,11)/t6-/m0/s1. The first-order valence-corrected chi connectivity index (χ1v) is 4.00. The van der Waals surface area contributed by atoms with Gasteiger partial charge in [-0.15, -0.1) is 0 Å². The van der Waals surface area contributed by atoms with Crippen molar-refractivity contribution < 1.29 is 9.90 Å². The molecular formula is C8H10N4O2. The van der Waals surface area contributed by atoms with E-state index in [1.54, 1.807) is 24.4 Å². The Balaban J connectivity index is 2.45. The van der Waals surface area contributed by atoms with E-state index in [2.05, 4.69) is 20.7 Å². The van der Waals surface area contributed by atoms with Crippen LogP contribution in [0, 0.1) is 0 Å². The molecule has 1 heterocycles. The minimum absolute atomic E-state index is 0.522. The average Bonchev–Trinajstić information content (AvgIpc) is 2.19. The number of hydrogen-bond donors (Lipinski definition) is 2. The van der Waals surface area contributed by atoms with Crippen LogP contribution in [0.3, 0.4) is 0 Å². The lowest BCUT2D eigenvalue weighted by Gasteiger charge is -1.98. The van der Waals surface area contributed by atoms with Gasteiger partial charge in [-0.1, -0.05) is 11.3 Å². The number of nitrogens with zero attached hydrogens (tertiary/aromatic N) is 3. The van der Waals surface area contributed by atoms with Gasteiger partial charge < -0.3 is 5.11 Å². The molecule has 1 atom stereocenters. The van der Waals surface area contributed by atoms with Crippen molar-refractivity contribution in [2.24, 2.45) is 10.3 Å². The highest BCUT2D eigenvalue weighted by molar-refractivity contribution is 5.72. The average molecular weight is 194 g/mol. The molecule has 0 aliphatic carbocycles. The van der Waals surface area contributed by atoms with Gasteiger partial charge in [0.05, 0.1) is 0 Å². The van der Waals surface area contributed by atoms with Crippen molar-refractivity contribution in [3.8, 4) is 0 Å². The molecule has 6 nitrogen and oxygen atoms in total. The molecule has 0 bridgehead atoms. The molecule has 0 aliphatic heterocycles. The van der Waals surface area contributed by atoms with Crippen LogP contribution in [0.25, 0.3) is 0 Å². The van der Waals surface area contributed by atoms with Gasteiger partial charge in [-0.25, -0.2) is 15.2 Å². The summed E-state index contributed by atoms with van der Waals surface area (Å²) in [6.45, 7) is 1.44. The molecule has 0 fully saturated rings. The number of carboxylic acid groups (broad SMARTS) is 1. The molecule has 0 aliphatic rings. The fraction of sp³-hybridized carbons (Fsp3) is 0.250. The maximum Gasteiger partial charge on any atom is 0.330 e. The number of aliphatic carboxylic acids is 1. The van der Waals surface area contributed by atoms with Crippen molar-refractivity contribution in [2.75, 3.05) is 5.43 Å². The summed E-state index contributed by atoms with van der Waals surface area (Å²) in [6.07, 6.45) is 1.60. The van der Waals surface area contributed by atoms with Crippen LogP contribution in [0.2, 0.25) is 0 Å². The van der Waals surface area contributed by atoms with Crippen LogP contribution in [0.5, 0.6) is 0 Å². The summed E-state index contributed by atoms with van der Waals surface area (Å²) >= 11 is 0. The van der Waals surface area contributed by atoms with Crippen LogP contribution < -0.4 is 5.43 Å². The third-order valence-electron chi connectivity index (χ3n) is 1.42. The SMILES string of the molecule is C[C@H](N=NNc1ccccn1)C(=O)O. The van der Waals surface area contributed by atoms with Crippen LogP contribution in [0.15, 0.2) is 34.7 Å². The quantitative estimate of drug-likeness (QED) is 0.559. The number of hydrogen-bond acceptors (Lipinski definition) is 4. The second kappa shape index (κ2) is 4.90. The van der Waals surface area contributed by atoms with E-state index in [1.807, 2.05) is 0 Å². The Morgan fingerprint density at radius 3 is 3.00 bits per heavy atom. The van der Waals surface area contributed by atoms with Gasteiger partial charge in [0.25, 0.3) is 0 Å². The van der Waals surface area contributed by atoms with Gasteiger partial charge in [-0.2, -0.15) is 5.11 Å². The minimum atomic E-state index is -1.02. The molecule has 14 heavy (non-hydrogen) atoms. The molecule has 0 aromatic carbocycles. The minimum Gasteiger partial charge on any atom is -0.480 e. The van der Waals surface area contributed by atoms with Crippen LogP contribution in [0.4, 0.5) is 5.82 Å². The first kappa shape index (κ1) is 10.1. The van der Waals surface area contributed by atoms with Crippen LogP contribution in [-0.2, 0) is 4.79 Å². The number of anilines is 1. The van der Waals surface area contributed by atoms with Crippen molar-refractivity contribution in [3.05, 3.63) is 24.4 Å². The third-order valence-corrected chi connectivity index (χ3v) is 1.42. The molecule has 0 unspecified atom stereocenters. The molecule has 0 amide bonds. The molecule has 1 aromatic heterocycles. The molecular weight excluding hydrogens is 184 g/mol. The highest BCUT2D eigenvalue weighted by atomic mass is 16.4. The number of rotatable bonds is 4. The summed E-state index contributed by atoms with van der Waals surface area (Å²) in [4.78, 5) is 14.3. The monoisotopic (exact) mass is 194 g/mol. The molecule has 1 rings (SSSR count). The second-order valence-electron chi connectivity index (χ2n) is 2.56. The molecule has 2 N–H and O–H groups in total. The first-order valence-electron chi connectivity index (χ1n) is 4.00. The van der Waals surface area contributed by atoms with E-state index >= 15 is 0 Å². The topological polar surface area (TPSA) is 86.9 Å². The zero-order valence-electron chi connectivity index (χ0n) is 7.58. The van der Waals surface area contributed by atoms with E-state index in [0.29, 0.717) is 5.82 Å². The number of carbonyl (C=O) groups is 1. The summed E-state index contributed by atoms with van der Waals surface area (Å²) in [6, 6.07) is 4.39. The number of aromatic nitrogens is 1. The summed E-state index contributed by atoms with van der Waals surface area (Å²) in [5, 5.41) is 15.5. The predicted octanol–water partition coefficient (Wildman–Crippen LogP) is 1.33. The largest absolute Gasteiger partial charge is 0.480 e. The molecule has 1 aromatic rings. The summed E-state index contributed by atoms with van der Waals surface area (Å²) in [5.41, 5.74) is 2.51. The van der Waals surface area contributed by atoms with Crippen molar-refractivity contribution in [1.29, 1.82) is 0 Å².